The average Bonchev–Trinajstić information content (AvgIpc) is 2.79. The summed E-state index contributed by atoms with van der Waals surface area (Å²) in [6.45, 7) is 0. The Labute approximate surface area is 126 Å². The monoisotopic (exact) mass is 355 g/mol. The third kappa shape index (κ3) is 2.89. The van der Waals surface area contributed by atoms with Crippen molar-refractivity contribution in [1.82, 2.24) is 4.98 Å². The van der Waals surface area contributed by atoms with Crippen molar-refractivity contribution in [1.29, 1.82) is 0 Å². The largest absolute Gasteiger partial charge is 0.436 e. The minimum absolute atomic E-state index is 0.0180. The lowest BCUT2D eigenvalue weighted by molar-refractivity contribution is 0.364. The van der Waals surface area contributed by atoms with Crippen LogP contribution in [-0.4, -0.2) is 4.98 Å². The van der Waals surface area contributed by atoms with E-state index in [0.717, 1.165) is 6.07 Å². The number of hydrogen-bond donors (Lipinski definition) is 0. The zero-order valence-electron chi connectivity index (χ0n) is 10.6. The fourth-order valence-corrected chi connectivity index (χ4v) is 2.65. The molecule has 0 fully saturated rings. The molecule has 0 saturated carbocycles. The Hall–Kier alpha value is -1.80. The third-order valence-corrected chi connectivity index (χ3v) is 4.29. The van der Waals surface area contributed by atoms with Crippen molar-refractivity contribution in [2.75, 3.05) is 0 Å². The molecule has 0 atom stereocenters. The Bertz CT molecular complexity index is 874. The molecule has 0 aliphatic rings. The van der Waals surface area contributed by atoms with Gasteiger partial charge in [0.1, 0.15) is 10.4 Å². The van der Waals surface area contributed by atoms with Gasteiger partial charge in [-0.05, 0) is 42.5 Å². The van der Waals surface area contributed by atoms with Gasteiger partial charge in [-0.1, -0.05) is 31.0 Å². The summed E-state index contributed by atoms with van der Waals surface area (Å²) in [5.74, 6) is 0.0194. The van der Waals surface area contributed by atoms with Gasteiger partial charge in [-0.15, -0.1) is 0 Å². The molecule has 22 heavy (non-hydrogen) atoms. The molecule has 118 valence electrons. The van der Waals surface area contributed by atoms with E-state index in [0.29, 0.717) is 22.7 Å². The highest BCUT2D eigenvalue weighted by molar-refractivity contribution is 8.45. The number of aromatic nitrogens is 1. The minimum atomic E-state index is -9.74. The van der Waals surface area contributed by atoms with Gasteiger partial charge in [0.15, 0.2) is 5.58 Å². The lowest BCUT2D eigenvalue weighted by Gasteiger charge is -2.40. The number of hydrogen-bond acceptors (Lipinski definition) is 2. The summed E-state index contributed by atoms with van der Waals surface area (Å²) in [6, 6.07) is 7.62. The maximum absolute atomic E-state index is 12.8. The number of fused-ring (bicyclic) bond motifs is 1. The van der Waals surface area contributed by atoms with Crippen LogP contribution in [0.3, 0.4) is 0 Å². The standard InChI is InChI=1S/C13H7ClF5NOS/c14-9-3-1-8(2-4-9)13-20-11-7-10(5-6-12(11)21-13)22(15,16,17,18)19/h1-7H. The van der Waals surface area contributed by atoms with E-state index in [1.807, 2.05) is 0 Å². The van der Waals surface area contributed by atoms with Crippen LogP contribution in [0.15, 0.2) is 51.8 Å². The van der Waals surface area contributed by atoms with E-state index in [4.69, 9.17) is 16.0 Å². The Morgan fingerprint density at radius 2 is 1.55 bits per heavy atom. The third-order valence-electron chi connectivity index (χ3n) is 2.90. The maximum atomic E-state index is 12.8. The Morgan fingerprint density at radius 3 is 2.14 bits per heavy atom. The first-order chi connectivity index (χ1) is 9.92. The van der Waals surface area contributed by atoms with Gasteiger partial charge in [0, 0.05) is 10.6 Å². The van der Waals surface area contributed by atoms with Crippen molar-refractivity contribution >= 4 is 32.9 Å². The molecule has 0 spiro atoms. The highest BCUT2D eigenvalue weighted by Gasteiger charge is 2.65. The van der Waals surface area contributed by atoms with E-state index in [1.165, 1.54) is 0 Å². The van der Waals surface area contributed by atoms with Crippen LogP contribution >= 0.6 is 21.8 Å². The molecule has 0 N–H and O–H groups in total. The zero-order valence-corrected chi connectivity index (χ0v) is 12.1. The lowest BCUT2D eigenvalue weighted by atomic mass is 10.2. The average molecular weight is 356 g/mol. The zero-order chi connectivity index (χ0) is 16.2. The number of benzene rings is 2. The van der Waals surface area contributed by atoms with E-state index in [2.05, 4.69) is 4.98 Å². The van der Waals surface area contributed by atoms with Crippen molar-refractivity contribution in [2.45, 2.75) is 4.90 Å². The maximum Gasteiger partial charge on any atom is 0.310 e. The Morgan fingerprint density at radius 1 is 0.909 bits per heavy atom. The van der Waals surface area contributed by atoms with Crippen LogP contribution in [0.25, 0.3) is 22.6 Å². The fraction of sp³-hybridized carbons (Fsp3) is 0. The summed E-state index contributed by atoms with van der Waals surface area (Å²) in [4.78, 5) is 1.83. The lowest BCUT2D eigenvalue weighted by Crippen LogP contribution is -2.05. The van der Waals surface area contributed by atoms with E-state index in [1.54, 1.807) is 24.3 Å². The summed E-state index contributed by atoms with van der Waals surface area (Å²) in [5, 5.41) is 0.461. The fourth-order valence-electron chi connectivity index (χ4n) is 1.86. The van der Waals surface area contributed by atoms with Crippen LogP contribution in [0.1, 0.15) is 0 Å². The summed E-state index contributed by atoms with van der Waals surface area (Å²) in [7, 11) is -9.74. The van der Waals surface area contributed by atoms with Gasteiger partial charge < -0.3 is 4.42 Å². The first kappa shape index (κ1) is 15.1. The molecule has 0 aliphatic carbocycles. The molecular formula is C13H7ClF5NOS. The minimum Gasteiger partial charge on any atom is -0.436 e. The second-order valence-electron chi connectivity index (χ2n) is 4.62. The second kappa shape index (κ2) is 3.94. The molecule has 0 unspecified atom stereocenters. The van der Waals surface area contributed by atoms with Crippen LogP contribution in [0.5, 0.6) is 0 Å². The van der Waals surface area contributed by atoms with Crippen LogP contribution in [0.2, 0.25) is 5.02 Å². The quantitative estimate of drug-likeness (QED) is 0.472. The molecule has 3 aromatic rings. The van der Waals surface area contributed by atoms with Crippen LogP contribution in [0.4, 0.5) is 19.4 Å². The van der Waals surface area contributed by atoms with Gasteiger partial charge in [0.25, 0.3) is 0 Å². The summed E-state index contributed by atoms with van der Waals surface area (Å²) in [6.07, 6.45) is 0. The van der Waals surface area contributed by atoms with Gasteiger partial charge in [-0.25, -0.2) is 4.98 Å². The van der Waals surface area contributed by atoms with E-state index < -0.39 is 15.1 Å². The molecule has 0 aliphatic heterocycles. The summed E-state index contributed by atoms with van der Waals surface area (Å²) >= 11 is 5.72. The van der Waals surface area contributed by atoms with Crippen molar-refractivity contribution < 1.29 is 23.8 Å². The topological polar surface area (TPSA) is 26.0 Å². The van der Waals surface area contributed by atoms with Gasteiger partial charge in [0.2, 0.25) is 5.89 Å². The highest BCUT2D eigenvalue weighted by Crippen LogP contribution is 3.02. The van der Waals surface area contributed by atoms with Crippen LogP contribution in [0, 0.1) is 0 Å². The van der Waals surface area contributed by atoms with E-state index >= 15 is 0 Å². The molecule has 0 saturated heterocycles. The Kier molecular flexibility index (Phi) is 2.70. The molecule has 2 aromatic carbocycles. The molecule has 0 amide bonds. The van der Waals surface area contributed by atoms with Gasteiger partial charge >= 0.3 is 10.2 Å². The number of halogens is 6. The molecule has 3 rings (SSSR count). The Balaban J connectivity index is 2.14. The number of rotatable bonds is 2. The number of oxazole rings is 1. The molecular weight excluding hydrogens is 349 g/mol. The second-order valence-corrected chi connectivity index (χ2v) is 7.47. The van der Waals surface area contributed by atoms with Crippen molar-refractivity contribution in [3.63, 3.8) is 0 Å². The van der Waals surface area contributed by atoms with Crippen molar-refractivity contribution in [3.8, 4) is 11.5 Å². The van der Waals surface area contributed by atoms with Gasteiger partial charge in [-0.2, -0.15) is 0 Å². The molecule has 9 heteroatoms. The molecule has 0 bridgehead atoms. The van der Waals surface area contributed by atoms with E-state index in [-0.39, 0.29) is 17.0 Å². The smallest absolute Gasteiger partial charge is 0.310 e. The van der Waals surface area contributed by atoms with E-state index in [9.17, 15) is 19.4 Å². The molecule has 0 radical (unpaired) electrons. The first-order valence-corrected chi connectivity index (χ1v) is 8.16. The van der Waals surface area contributed by atoms with Crippen LogP contribution < -0.4 is 0 Å². The van der Waals surface area contributed by atoms with Crippen molar-refractivity contribution in [3.05, 3.63) is 47.5 Å². The van der Waals surface area contributed by atoms with Crippen molar-refractivity contribution in [2.24, 2.45) is 0 Å². The molecule has 1 aromatic heterocycles. The normalized spacial score (nSPS) is 15.5. The van der Waals surface area contributed by atoms with Gasteiger partial charge in [-0.3, -0.25) is 0 Å². The predicted molar refractivity (Wildman–Crippen MR) is 75.9 cm³/mol. The SMILES string of the molecule is FS(F)(F)(F)(F)c1ccc2oc(-c3ccc(Cl)cc3)nc2c1. The number of nitrogens with zero attached hydrogens (tertiary/aromatic N) is 1. The highest BCUT2D eigenvalue weighted by atomic mass is 35.5. The molecule has 1 heterocycles. The predicted octanol–water partition coefficient (Wildman–Crippen LogP) is 6.81. The first-order valence-electron chi connectivity index (χ1n) is 5.83. The van der Waals surface area contributed by atoms with Crippen LogP contribution in [-0.2, 0) is 0 Å². The van der Waals surface area contributed by atoms with Gasteiger partial charge in [0.05, 0.1) is 0 Å². The molecule has 2 nitrogen and oxygen atoms in total. The summed E-state index contributed by atoms with van der Waals surface area (Å²) < 4.78 is 69.2. The summed E-state index contributed by atoms with van der Waals surface area (Å²) in [5.41, 5.74) is 0.153.